The van der Waals surface area contributed by atoms with Gasteiger partial charge in [-0.3, -0.25) is 0 Å². The average Bonchev–Trinajstić information content (AvgIpc) is 2.71. The van der Waals surface area contributed by atoms with Crippen molar-refractivity contribution in [2.75, 3.05) is 11.4 Å². The van der Waals surface area contributed by atoms with E-state index in [0.29, 0.717) is 12.5 Å². The maximum atomic E-state index is 11.0. The van der Waals surface area contributed by atoms with E-state index >= 15 is 0 Å². The molecule has 0 saturated carbocycles. The van der Waals surface area contributed by atoms with Crippen LogP contribution in [0.1, 0.15) is 6.42 Å². The van der Waals surface area contributed by atoms with E-state index in [4.69, 9.17) is 5.11 Å². The first-order valence-electron chi connectivity index (χ1n) is 4.74. The van der Waals surface area contributed by atoms with Crippen LogP contribution in [0.5, 0.6) is 0 Å². The molecule has 0 aliphatic carbocycles. The fourth-order valence-corrected chi connectivity index (χ4v) is 1.90. The lowest BCUT2D eigenvalue weighted by Gasteiger charge is -2.21. The minimum Gasteiger partial charge on any atom is -0.480 e. The lowest BCUT2D eigenvalue weighted by molar-refractivity contribution is -0.138. The molecule has 1 saturated heterocycles. The van der Waals surface area contributed by atoms with E-state index in [1.165, 1.54) is 0 Å². The number of carbonyl (C=O) groups is 1. The van der Waals surface area contributed by atoms with Crippen molar-refractivity contribution in [3.63, 3.8) is 0 Å². The number of rotatable bonds is 2. The minimum atomic E-state index is -0.922. The molecule has 1 aromatic heterocycles. The van der Waals surface area contributed by atoms with Crippen LogP contribution >= 0.6 is 0 Å². The summed E-state index contributed by atoms with van der Waals surface area (Å²) in [5.74, 6) is -0.339. The van der Waals surface area contributed by atoms with Crippen LogP contribution in [0.4, 0.5) is 5.95 Å². The van der Waals surface area contributed by atoms with Crippen LogP contribution in [-0.4, -0.2) is 44.4 Å². The summed E-state index contributed by atoms with van der Waals surface area (Å²) in [6.07, 6.45) is 3.02. The van der Waals surface area contributed by atoms with Gasteiger partial charge in [-0.25, -0.2) is 9.78 Å². The van der Waals surface area contributed by atoms with Crippen molar-refractivity contribution >= 4 is 11.9 Å². The predicted octanol–water partition coefficient (Wildman–Crippen LogP) is -0.556. The Kier molecular flexibility index (Phi) is 2.36. The molecular formula is C9H13N3O3. The molecule has 0 amide bonds. The molecule has 0 aromatic carbocycles. The second kappa shape index (κ2) is 3.54. The second-order valence-electron chi connectivity index (χ2n) is 3.73. The molecule has 2 atom stereocenters. The van der Waals surface area contributed by atoms with Gasteiger partial charge in [0.1, 0.15) is 6.04 Å². The third-order valence-electron chi connectivity index (χ3n) is 2.62. The van der Waals surface area contributed by atoms with Crippen molar-refractivity contribution in [2.45, 2.75) is 18.6 Å². The molecule has 82 valence electrons. The number of carboxylic acids is 1. The van der Waals surface area contributed by atoms with Crippen molar-refractivity contribution in [3.05, 3.63) is 12.4 Å². The number of carboxylic acid groups (broad SMARTS) is 1. The maximum absolute atomic E-state index is 11.0. The molecular weight excluding hydrogens is 198 g/mol. The quantitative estimate of drug-likeness (QED) is 0.686. The van der Waals surface area contributed by atoms with E-state index in [2.05, 4.69) is 4.98 Å². The summed E-state index contributed by atoms with van der Waals surface area (Å²) >= 11 is 0. The van der Waals surface area contributed by atoms with E-state index in [1.54, 1.807) is 28.9 Å². The fraction of sp³-hybridized carbons (Fsp3) is 0.556. The SMILES string of the molecule is Cn1ccnc1N1CC(O)CC1C(=O)O. The van der Waals surface area contributed by atoms with Gasteiger partial charge in [0.15, 0.2) is 0 Å². The summed E-state index contributed by atoms with van der Waals surface area (Å²) in [4.78, 5) is 16.7. The molecule has 2 rings (SSSR count). The summed E-state index contributed by atoms with van der Waals surface area (Å²) < 4.78 is 1.74. The van der Waals surface area contributed by atoms with E-state index in [1.807, 2.05) is 0 Å². The van der Waals surface area contributed by atoms with Crippen molar-refractivity contribution < 1.29 is 15.0 Å². The zero-order chi connectivity index (χ0) is 11.0. The molecule has 2 unspecified atom stereocenters. The first kappa shape index (κ1) is 9.97. The van der Waals surface area contributed by atoms with E-state index in [-0.39, 0.29) is 6.42 Å². The Morgan fingerprint density at radius 1 is 1.67 bits per heavy atom. The van der Waals surface area contributed by atoms with Gasteiger partial charge in [-0.15, -0.1) is 0 Å². The van der Waals surface area contributed by atoms with Gasteiger partial charge in [-0.05, 0) is 0 Å². The van der Waals surface area contributed by atoms with Crippen molar-refractivity contribution in [3.8, 4) is 0 Å². The number of nitrogens with zero attached hydrogens (tertiary/aromatic N) is 3. The van der Waals surface area contributed by atoms with Gasteiger partial charge >= 0.3 is 5.97 Å². The molecule has 2 heterocycles. The monoisotopic (exact) mass is 211 g/mol. The molecule has 0 bridgehead atoms. The molecule has 2 N–H and O–H groups in total. The molecule has 0 spiro atoms. The van der Waals surface area contributed by atoms with Gasteiger partial charge in [0.05, 0.1) is 6.10 Å². The molecule has 6 nitrogen and oxygen atoms in total. The highest BCUT2D eigenvalue weighted by molar-refractivity contribution is 5.78. The van der Waals surface area contributed by atoms with Crippen LogP contribution in [0, 0.1) is 0 Å². The Balaban J connectivity index is 2.28. The van der Waals surface area contributed by atoms with Crippen LogP contribution in [0.3, 0.4) is 0 Å². The zero-order valence-corrected chi connectivity index (χ0v) is 8.37. The standard InChI is InChI=1S/C9H13N3O3/c1-11-3-2-10-9(11)12-5-6(13)4-7(12)8(14)15/h2-3,6-7,13H,4-5H2,1H3,(H,14,15). The van der Waals surface area contributed by atoms with Crippen LogP contribution in [-0.2, 0) is 11.8 Å². The van der Waals surface area contributed by atoms with Gasteiger partial charge in [-0.2, -0.15) is 0 Å². The lowest BCUT2D eigenvalue weighted by Crippen LogP contribution is -2.37. The molecule has 1 aliphatic heterocycles. The predicted molar refractivity (Wildman–Crippen MR) is 52.6 cm³/mol. The highest BCUT2D eigenvalue weighted by Gasteiger charge is 2.37. The number of aryl methyl sites for hydroxylation is 1. The summed E-state index contributed by atoms with van der Waals surface area (Å²) in [5.41, 5.74) is 0. The average molecular weight is 211 g/mol. The van der Waals surface area contributed by atoms with E-state index in [9.17, 15) is 9.90 Å². The molecule has 6 heteroatoms. The number of β-amino-alcohol motifs (C(OH)–C–C–N with tert-alkyl or cyclic N) is 1. The number of hydrogen-bond donors (Lipinski definition) is 2. The first-order valence-corrected chi connectivity index (χ1v) is 4.74. The van der Waals surface area contributed by atoms with Crippen molar-refractivity contribution in [2.24, 2.45) is 7.05 Å². The second-order valence-corrected chi connectivity index (χ2v) is 3.73. The zero-order valence-electron chi connectivity index (χ0n) is 8.37. The minimum absolute atomic E-state index is 0.252. The fourth-order valence-electron chi connectivity index (χ4n) is 1.90. The summed E-state index contributed by atoms with van der Waals surface area (Å²) in [5, 5.41) is 18.5. The van der Waals surface area contributed by atoms with Gasteiger partial charge in [0.25, 0.3) is 0 Å². The van der Waals surface area contributed by atoms with Gasteiger partial charge in [0.2, 0.25) is 5.95 Å². The molecule has 1 aromatic rings. The van der Waals surface area contributed by atoms with E-state index in [0.717, 1.165) is 0 Å². The highest BCUT2D eigenvalue weighted by Crippen LogP contribution is 2.23. The number of aliphatic carboxylic acids is 1. The number of anilines is 1. The van der Waals surface area contributed by atoms with E-state index < -0.39 is 18.1 Å². The summed E-state index contributed by atoms with van der Waals surface area (Å²) in [7, 11) is 1.80. The topological polar surface area (TPSA) is 78.6 Å². The van der Waals surface area contributed by atoms with Gasteiger partial charge in [-0.1, -0.05) is 0 Å². The number of imidazole rings is 1. The third-order valence-corrected chi connectivity index (χ3v) is 2.62. The molecule has 0 radical (unpaired) electrons. The Morgan fingerprint density at radius 3 is 2.93 bits per heavy atom. The number of aromatic nitrogens is 2. The molecule has 1 aliphatic rings. The molecule has 1 fully saturated rings. The number of hydrogen-bond acceptors (Lipinski definition) is 4. The van der Waals surface area contributed by atoms with Crippen LogP contribution < -0.4 is 4.90 Å². The van der Waals surface area contributed by atoms with Crippen LogP contribution in [0.15, 0.2) is 12.4 Å². The summed E-state index contributed by atoms with van der Waals surface area (Å²) in [6, 6.07) is -0.680. The Hall–Kier alpha value is -1.56. The first-order chi connectivity index (χ1) is 7.09. The Morgan fingerprint density at radius 2 is 2.40 bits per heavy atom. The van der Waals surface area contributed by atoms with Crippen LogP contribution in [0.25, 0.3) is 0 Å². The smallest absolute Gasteiger partial charge is 0.326 e. The number of aliphatic hydroxyl groups is 1. The Labute approximate surface area is 86.8 Å². The van der Waals surface area contributed by atoms with Crippen molar-refractivity contribution in [1.82, 2.24) is 9.55 Å². The van der Waals surface area contributed by atoms with Crippen LogP contribution in [0.2, 0.25) is 0 Å². The third kappa shape index (κ3) is 1.68. The highest BCUT2D eigenvalue weighted by atomic mass is 16.4. The normalized spacial score (nSPS) is 25.9. The Bertz CT molecular complexity index is 376. The maximum Gasteiger partial charge on any atom is 0.326 e. The summed E-state index contributed by atoms with van der Waals surface area (Å²) in [6.45, 7) is 0.321. The largest absolute Gasteiger partial charge is 0.480 e. The van der Waals surface area contributed by atoms with Gasteiger partial charge in [0, 0.05) is 32.4 Å². The van der Waals surface area contributed by atoms with Gasteiger partial charge < -0.3 is 19.7 Å². The number of aliphatic hydroxyl groups excluding tert-OH is 1. The van der Waals surface area contributed by atoms with Crippen molar-refractivity contribution in [1.29, 1.82) is 0 Å². The lowest BCUT2D eigenvalue weighted by atomic mass is 10.2. The molecule has 15 heavy (non-hydrogen) atoms.